The predicted molar refractivity (Wildman–Crippen MR) is 112 cm³/mol. The van der Waals surface area contributed by atoms with Crippen molar-refractivity contribution >= 4 is 5.97 Å². The molecule has 0 radical (unpaired) electrons. The molecule has 0 aliphatic carbocycles. The Morgan fingerprint density at radius 1 is 0.692 bits per heavy atom. The SMILES string of the molecule is CCCCCCCCCCCCCCCOC(=O)c1ccc(CC)cc1. The number of ether oxygens (including phenoxy) is 1. The zero-order valence-electron chi connectivity index (χ0n) is 17.2. The molecule has 0 saturated heterocycles. The van der Waals surface area contributed by atoms with E-state index in [1.807, 2.05) is 24.3 Å². The third-order valence-electron chi connectivity index (χ3n) is 5.08. The van der Waals surface area contributed by atoms with E-state index in [0.717, 1.165) is 12.8 Å². The van der Waals surface area contributed by atoms with Crippen molar-refractivity contribution < 1.29 is 9.53 Å². The van der Waals surface area contributed by atoms with Crippen molar-refractivity contribution in [2.75, 3.05) is 6.61 Å². The average molecular weight is 361 g/mol. The zero-order chi connectivity index (χ0) is 18.9. The lowest BCUT2D eigenvalue weighted by Gasteiger charge is -2.06. The third-order valence-corrected chi connectivity index (χ3v) is 5.08. The van der Waals surface area contributed by atoms with Crippen LogP contribution in [0.15, 0.2) is 24.3 Å². The quantitative estimate of drug-likeness (QED) is 0.225. The molecule has 0 saturated carbocycles. The highest BCUT2D eigenvalue weighted by Gasteiger charge is 2.06. The number of aryl methyl sites for hydroxylation is 1. The Labute approximate surface area is 161 Å². The Hall–Kier alpha value is -1.31. The maximum absolute atomic E-state index is 11.9. The Bertz CT molecular complexity index is 450. The molecule has 0 atom stereocenters. The van der Waals surface area contributed by atoms with Crippen LogP contribution in [0.3, 0.4) is 0 Å². The van der Waals surface area contributed by atoms with Gasteiger partial charge in [-0.3, -0.25) is 0 Å². The van der Waals surface area contributed by atoms with Crippen LogP contribution in [0.5, 0.6) is 0 Å². The number of hydrogen-bond acceptors (Lipinski definition) is 2. The van der Waals surface area contributed by atoms with Crippen molar-refractivity contribution in [3.05, 3.63) is 35.4 Å². The molecule has 0 unspecified atom stereocenters. The average Bonchev–Trinajstić information content (AvgIpc) is 2.68. The van der Waals surface area contributed by atoms with E-state index in [1.54, 1.807) is 0 Å². The summed E-state index contributed by atoms with van der Waals surface area (Å²) in [6.07, 6.45) is 18.3. The Balaban J connectivity index is 1.87. The molecule has 0 heterocycles. The van der Waals surface area contributed by atoms with Crippen molar-refractivity contribution in [1.82, 2.24) is 0 Å². The lowest BCUT2D eigenvalue weighted by Crippen LogP contribution is -2.06. The second kappa shape index (κ2) is 15.9. The molecule has 0 spiro atoms. The molecule has 0 amide bonds. The van der Waals surface area contributed by atoms with Gasteiger partial charge in [-0.25, -0.2) is 4.79 Å². The van der Waals surface area contributed by atoms with E-state index in [1.165, 1.54) is 82.6 Å². The van der Waals surface area contributed by atoms with Gasteiger partial charge < -0.3 is 4.74 Å². The molecule has 0 bridgehead atoms. The summed E-state index contributed by atoms with van der Waals surface area (Å²) < 4.78 is 5.36. The second-order valence-corrected chi connectivity index (χ2v) is 7.43. The van der Waals surface area contributed by atoms with Gasteiger partial charge in [-0.05, 0) is 30.5 Å². The number of benzene rings is 1. The minimum atomic E-state index is -0.188. The highest BCUT2D eigenvalue weighted by Crippen LogP contribution is 2.13. The summed E-state index contributed by atoms with van der Waals surface area (Å²) >= 11 is 0. The number of rotatable bonds is 16. The largest absolute Gasteiger partial charge is 0.462 e. The standard InChI is InChI=1S/C24H40O2/c1-3-5-6-7-8-9-10-11-12-13-14-15-16-21-26-24(25)23-19-17-22(4-2)18-20-23/h17-20H,3-16,21H2,1-2H3. The van der Waals surface area contributed by atoms with Gasteiger partial charge >= 0.3 is 5.97 Å². The number of unbranched alkanes of at least 4 members (excludes halogenated alkanes) is 12. The van der Waals surface area contributed by atoms with E-state index in [0.29, 0.717) is 12.2 Å². The van der Waals surface area contributed by atoms with Crippen LogP contribution in [0.4, 0.5) is 0 Å². The number of hydrogen-bond donors (Lipinski definition) is 0. The summed E-state index contributed by atoms with van der Waals surface area (Å²) in [5.41, 5.74) is 1.91. The van der Waals surface area contributed by atoms with Crippen molar-refractivity contribution in [3.8, 4) is 0 Å². The maximum Gasteiger partial charge on any atom is 0.338 e. The third kappa shape index (κ3) is 11.3. The topological polar surface area (TPSA) is 26.3 Å². The fraction of sp³-hybridized carbons (Fsp3) is 0.708. The Morgan fingerprint density at radius 3 is 1.62 bits per heavy atom. The van der Waals surface area contributed by atoms with Gasteiger partial charge in [0, 0.05) is 0 Å². The molecule has 1 aromatic carbocycles. The molecule has 2 nitrogen and oxygen atoms in total. The van der Waals surface area contributed by atoms with Crippen LogP contribution < -0.4 is 0 Å². The van der Waals surface area contributed by atoms with Gasteiger partial charge in [0.25, 0.3) is 0 Å². The van der Waals surface area contributed by atoms with Crippen LogP contribution in [0.1, 0.15) is 113 Å². The van der Waals surface area contributed by atoms with Gasteiger partial charge in [-0.2, -0.15) is 0 Å². The first-order chi connectivity index (χ1) is 12.8. The van der Waals surface area contributed by atoms with Gasteiger partial charge in [-0.15, -0.1) is 0 Å². The highest BCUT2D eigenvalue weighted by molar-refractivity contribution is 5.89. The summed E-state index contributed by atoms with van der Waals surface area (Å²) in [5.74, 6) is -0.188. The molecule has 1 rings (SSSR count). The fourth-order valence-electron chi connectivity index (χ4n) is 3.24. The molecular weight excluding hydrogens is 320 g/mol. The van der Waals surface area contributed by atoms with Crippen LogP contribution in [-0.4, -0.2) is 12.6 Å². The van der Waals surface area contributed by atoms with Crippen LogP contribution in [0, 0.1) is 0 Å². The summed E-state index contributed by atoms with van der Waals surface area (Å²) in [4.78, 5) is 11.9. The van der Waals surface area contributed by atoms with Crippen LogP contribution in [0.2, 0.25) is 0 Å². The van der Waals surface area contributed by atoms with Gasteiger partial charge in [0.1, 0.15) is 0 Å². The molecule has 0 fully saturated rings. The summed E-state index contributed by atoms with van der Waals surface area (Å²) in [7, 11) is 0. The van der Waals surface area contributed by atoms with Crippen molar-refractivity contribution in [1.29, 1.82) is 0 Å². The van der Waals surface area contributed by atoms with Crippen molar-refractivity contribution in [2.45, 2.75) is 104 Å². The molecule has 0 aromatic heterocycles. The number of esters is 1. The highest BCUT2D eigenvalue weighted by atomic mass is 16.5. The molecule has 0 aliphatic rings. The summed E-state index contributed by atoms with van der Waals surface area (Å²) in [6.45, 7) is 4.93. The van der Waals surface area contributed by atoms with Gasteiger partial charge in [-0.1, -0.05) is 103 Å². The minimum Gasteiger partial charge on any atom is -0.462 e. The van der Waals surface area contributed by atoms with Gasteiger partial charge in [0.05, 0.1) is 12.2 Å². The fourth-order valence-corrected chi connectivity index (χ4v) is 3.24. The van der Waals surface area contributed by atoms with Crippen LogP contribution in [-0.2, 0) is 11.2 Å². The van der Waals surface area contributed by atoms with E-state index in [9.17, 15) is 4.79 Å². The van der Waals surface area contributed by atoms with E-state index in [-0.39, 0.29) is 5.97 Å². The van der Waals surface area contributed by atoms with Crippen molar-refractivity contribution in [2.24, 2.45) is 0 Å². The molecular formula is C24H40O2. The Morgan fingerprint density at radius 2 is 1.15 bits per heavy atom. The Kier molecular flexibility index (Phi) is 13.9. The monoisotopic (exact) mass is 360 g/mol. The number of carbonyl (C=O) groups excluding carboxylic acids is 1. The van der Waals surface area contributed by atoms with E-state index < -0.39 is 0 Å². The first-order valence-electron chi connectivity index (χ1n) is 11.0. The first-order valence-corrected chi connectivity index (χ1v) is 11.0. The molecule has 0 aliphatic heterocycles. The molecule has 1 aromatic rings. The number of carbonyl (C=O) groups is 1. The van der Waals surface area contributed by atoms with Crippen LogP contribution >= 0.6 is 0 Å². The summed E-state index contributed by atoms with van der Waals surface area (Å²) in [5, 5.41) is 0. The second-order valence-electron chi connectivity index (χ2n) is 7.43. The van der Waals surface area contributed by atoms with Crippen LogP contribution in [0.25, 0.3) is 0 Å². The minimum absolute atomic E-state index is 0.188. The molecule has 2 heteroatoms. The maximum atomic E-state index is 11.9. The first kappa shape index (κ1) is 22.7. The van der Waals surface area contributed by atoms with E-state index >= 15 is 0 Å². The molecule has 0 N–H and O–H groups in total. The van der Waals surface area contributed by atoms with E-state index in [2.05, 4.69) is 13.8 Å². The predicted octanol–water partition coefficient (Wildman–Crippen LogP) is 7.50. The molecule has 148 valence electrons. The van der Waals surface area contributed by atoms with Crippen molar-refractivity contribution in [3.63, 3.8) is 0 Å². The lowest BCUT2D eigenvalue weighted by atomic mass is 10.0. The van der Waals surface area contributed by atoms with E-state index in [4.69, 9.17) is 4.74 Å². The smallest absolute Gasteiger partial charge is 0.338 e. The van der Waals surface area contributed by atoms with Gasteiger partial charge in [0.2, 0.25) is 0 Å². The normalized spacial score (nSPS) is 10.8. The molecule has 26 heavy (non-hydrogen) atoms. The van der Waals surface area contributed by atoms with Gasteiger partial charge in [0.15, 0.2) is 0 Å². The zero-order valence-corrected chi connectivity index (χ0v) is 17.2. The summed E-state index contributed by atoms with van der Waals surface area (Å²) in [6, 6.07) is 7.74. The lowest BCUT2D eigenvalue weighted by molar-refractivity contribution is 0.0497.